The molecule has 3 fully saturated rings. The molecule has 1 aromatic carbocycles. The molecule has 0 bridgehead atoms. The minimum absolute atomic E-state index is 0.0591. The number of carbonyl (C=O) groups is 2. The molecule has 0 spiro atoms. The Balaban J connectivity index is 1.15. The highest BCUT2D eigenvalue weighted by Gasteiger charge is 2.39. The second-order valence-electron chi connectivity index (χ2n) is 12.1. The molecule has 3 heterocycles. The molecule has 2 saturated carbocycles. The van der Waals surface area contributed by atoms with E-state index in [9.17, 15) is 9.59 Å². The van der Waals surface area contributed by atoms with E-state index in [2.05, 4.69) is 25.4 Å². The van der Waals surface area contributed by atoms with Gasteiger partial charge in [0.15, 0.2) is 5.82 Å². The van der Waals surface area contributed by atoms with Crippen molar-refractivity contribution in [3.05, 3.63) is 30.0 Å². The van der Waals surface area contributed by atoms with Crippen molar-refractivity contribution in [2.75, 3.05) is 42.4 Å². The van der Waals surface area contributed by atoms with E-state index in [1.165, 1.54) is 38.8 Å². The molecule has 2 aliphatic carbocycles. The van der Waals surface area contributed by atoms with Crippen LogP contribution in [0.4, 0.5) is 23.1 Å². The Morgan fingerprint density at radius 3 is 2.44 bits per heavy atom. The standard InChI is InChI=1S/C31H43N7O3/c1-20-30(40)36(2)26-19-32-31(35-28(26)38(20)24-8-4-5-9-24)34-25-15-10-21(18-27(25)41-3)29(39)33-22-11-13-23(14-12-22)37-16-6-7-17-37/h10,15,18-20,22-24H,4-9,11-14,16-17H2,1-3H3,(H,33,39)(H,32,34,35)/t20-,22?,23?/m1/s1. The summed E-state index contributed by atoms with van der Waals surface area (Å²) < 4.78 is 5.67. The van der Waals surface area contributed by atoms with E-state index in [-0.39, 0.29) is 23.9 Å². The Kier molecular flexibility index (Phi) is 8.01. The largest absolute Gasteiger partial charge is 0.495 e. The predicted octanol–water partition coefficient (Wildman–Crippen LogP) is 4.48. The second-order valence-corrected chi connectivity index (χ2v) is 12.1. The number of rotatable bonds is 7. The lowest BCUT2D eigenvalue weighted by atomic mass is 9.90. The van der Waals surface area contributed by atoms with Crippen LogP contribution in [-0.4, -0.2) is 78.1 Å². The molecule has 2 aromatic rings. The van der Waals surface area contributed by atoms with Crippen molar-refractivity contribution in [1.29, 1.82) is 0 Å². The highest BCUT2D eigenvalue weighted by atomic mass is 16.5. The first kappa shape index (κ1) is 27.8. The molecule has 0 radical (unpaired) electrons. The monoisotopic (exact) mass is 561 g/mol. The van der Waals surface area contributed by atoms with Crippen molar-refractivity contribution in [1.82, 2.24) is 20.2 Å². The SMILES string of the molecule is COc1cc(C(=O)NC2CCC(N3CCCC3)CC2)ccc1Nc1ncc2c(n1)N(C1CCCC1)[C@H](C)C(=O)N2C. The number of hydrogen-bond acceptors (Lipinski definition) is 8. The van der Waals surface area contributed by atoms with Crippen LogP contribution in [0.3, 0.4) is 0 Å². The summed E-state index contributed by atoms with van der Waals surface area (Å²) in [6.45, 7) is 4.42. The average molecular weight is 562 g/mol. The maximum Gasteiger partial charge on any atom is 0.251 e. The molecule has 1 aromatic heterocycles. The van der Waals surface area contributed by atoms with Gasteiger partial charge in [0.2, 0.25) is 11.9 Å². The predicted molar refractivity (Wildman–Crippen MR) is 160 cm³/mol. The van der Waals surface area contributed by atoms with Gasteiger partial charge in [0, 0.05) is 30.7 Å². The van der Waals surface area contributed by atoms with Gasteiger partial charge >= 0.3 is 0 Å². The van der Waals surface area contributed by atoms with Crippen LogP contribution in [0.2, 0.25) is 0 Å². The van der Waals surface area contributed by atoms with Gasteiger partial charge in [-0.05, 0) is 89.6 Å². The lowest BCUT2D eigenvalue weighted by Crippen LogP contribution is -2.54. The number of carbonyl (C=O) groups excluding carboxylic acids is 2. The Bertz CT molecular complexity index is 1270. The number of nitrogens with zero attached hydrogens (tertiary/aromatic N) is 5. The van der Waals surface area contributed by atoms with Gasteiger partial charge in [-0.2, -0.15) is 4.98 Å². The maximum atomic E-state index is 13.1. The zero-order valence-electron chi connectivity index (χ0n) is 24.6. The lowest BCUT2D eigenvalue weighted by Gasteiger charge is -2.42. The fourth-order valence-electron chi connectivity index (χ4n) is 7.24. The van der Waals surface area contributed by atoms with Crippen molar-refractivity contribution in [2.24, 2.45) is 0 Å². The number of ether oxygens (including phenoxy) is 1. The molecule has 220 valence electrons. The quantitative estimate of drug-likeness (QED) is 0.510. The second kappa shape index (κ2) is 11.8. The number of nitrogens with one attached hydrogen (secondary N) is 2. The van der Waals surface area contributed by atoms with E-state index in [1.54, 1.807) is 31.3 Å². The first-order valence-electron chi connectivity index (χ1n) is 15.4. The van der Waals surface area contributed by atoms with E-state index in [0.717, 1.165) is 50.0 Å². The van der Waals surface area contributed by atoms with Gasteiger partial charge in [0.05, 0.1) is 19.0 Å². The summed E-state index contributed by atoms with van der Waals surface area (Å²) in [5.41, 5.74) is 1.97. The molecule has 10 nitrogen and oxygen atoms in total. The fraction of sp³-hybridized carbons (Fsp3) is 0.613. The number of amides is 2. The number of hydrogen-bond donors (Lipinski definition) is 2. The number of likely N-dealkylation sites (tertiary alicyclic amines) is 1. The van der Waals surface area contributed by atoms with Crippen molar-refractivity contribution in [3.63, 3.8) is 0 Å². The molecule has 6 rings (SSSR count). The molecule has 0 unspecified atom stereocenters. The zero-order valence-corrected chi connectivity index (χ0v) is 24.6. The summed E-state index contributed by atoms with van der Waals surface area (Å²) in [5, 5.41) is 6.54. The van der Waals surface area contributed by atoms with Crippen molar-refractivity contribution >= 4 is 35.0 Å². The summed E-state index contributed by atoms with van der Waals surface area (Å²) in [5.74, 6) is 1.73. The Morgan fingerprint density at radius 2 is 1.73 bits per heavy atom. The third kappa shape index (κ3) is 5.58. The van der Waals surface area contributed by atoms with E-state index < -0.39 is 0 Å². The fourth-order valence-corrected chi connectivity index (χ4v) is 7.24. The van der Waals surface area contributed by atoms with Crippen LogP contribution < -0.4 is 25.2 Å². The van der Waals surface area contributed by atoms with Gasteiger partial charge in [-0.1, -0.05) is 12.8 Å². The van der Waals surface area contributed by atoms with E-state index in [4.69, 9.17) is 9.72 Å². The van der Waals surface area contributed by atoms with Crippen LogP contribution in [0.5, 0.6) is 5.75 Å². The van der Waals surface area contributed by atoms with Gasteiger partial charge in [0.25, 0.3) is 5.91 Å². The minimum Gasteiger partial charge on any atom is -0.495 e. The molecular weight excluding hydrogens is 518 g/mol. The summed E-state index contributed by atoms with van der Waals surface area (Å²) in [4.78, 5) is 42.0. The smallest absolute Gasteiger partial charge is 0.251 e. The summed E-state index contributed by atoms with van der Waals surface area (Å²) in [7, 11) is 3.38. The Labute approximate surface area is 242 Å². The minimum atomic E-state index is -0.277. The topological polar surface area (TPSA) is 103 Å². The molecule has 1 atom stereocenters. The van der Waals surface area contributed by atoms with Crippen LogP contribution in [0.1, 0.15) is 81.5 Å². The van der Waals surface area contributed by atoms with E-state index in [1.807, 2.05) is 19.1 Å². The highest BCUT2D eigenvalue weighted by Crippen LogP contribution is 2.39. The number of aromatic nitrogens is 2. The molecule has 10 heteroatoms. The summed E-state index contributed by atoms with van der Waals surface area (Å²) in [6.07, 6.45) is 13.2. The normalized spacial score (nSPS) is 25.3. The van der Waals surface area contributed by atoms with Crippen molar-refractivity contribution < 1.29 is 14.3 Å². The number of methoxy groups -OCH3 is 1. The van der Waals surface area contributed by atoms with Crippen LogP contribution in [0.25, 0.3) is 0 Å². The molecule has 41 heavy (non-hydrogen) atoms. The van der Waals surface area contributed by atoms with Gasteiger partial charge in [-0.3, -0.25) is 9.59 Å². The first-order chi connectivity index (χ1) is 19.9. The molecular formula is C31H43N7O3. The average Bonchev–Trinajstić information content (AvgIpc) is 3.72. The first-order valence-corrected chi connectivity index (χ1v) is 15.4. The van der Waals surface area contributed by atoms with Crippen LogP contribution in [0, 0.1) is 0 Å². The molecule has 2 N–H and O–H groups in total. The third-order valence-corrected chi connectivity index (χ3v) is 9.58. The van der Waals surface area contributed by atoms with E-state index in [0.29, 0.717) is 35.0 Å². The number of likely N-dealkylation sites (N-methyl/N-ethyl adjacent to an activating group) is 1. The summed E-state index contributed by atoms with van der Waals surface area (Å²) >= 11 is 0. The molecule has 2 amide bonds. The highest BCUT2D eigenvalue weighted by molar-refractivity contribution is 6.04. The zero-order chi connectivity index (χ0) is 28.5. The van der Waals surface area contributed by atoms with Gasteiger partial charge in [-0.15, -0.1) is 0 Å². The Morgan fingerprint density at radius 1 is 1.00 bits per heavy atom. The number of fused-ring (bicyclic) bond motifs is 1. The number of benzene rings is 1. The molecule has 2 aliphatic heterocycles. The number of anilines is 4. The van der Waals surface area contributed by atoms with Gasteiger partial charge < -0.3 is 30.1 Å². The van der Waals surface area contributed by atoms with Gasteiger partial charge in [-0.25, -0.2) is 4.98 Å². The van der Waals surface area contributed by atoms with Crippen molar-refractivity contribution in [3.8, 4) is 5.75 Å². The lowest BCUT2D eigenvalue weighted by molar-refractivity contribution is -0.119. The van der Waals surface area contributed by atoms with Gasteiger partial charge in [0.1, 0.15) is 17.5 Å². The van der Waals surface area contributed by atoms with Crippen LogP contribution >= 0.6 is 0 Å². The molecule has 4 aliphatic rings. The van der Waals surface area contributed by atoms with Crippen LogP contribution in [0.15, 0.2) is 24.4 Å². The maximum absolute atomic E-state index is 13.1. The van der Waals surface area contributed by atoms with Crippen LogP contribution in [-0.2, 0) is 4.79 Å². The third-order valence-electron chi connectivity index (χ3n) is 9.58. The Hall–Kier alpha value is -3.40. The summed E-state index contributed by atoms with van der Waals surface area (Å²) in [6, 6.07) is 6.33. The van der Waals surface area contributed by atoms with Crippen molar-refractivity contribution in [2.45, 2.75) is 95.3 Å². The molecule has 1 saturated heterocycles. The van der Waals surface area contributed by atoms with E-state index >= 15 is 0 Å².